The van der Waals surface area contributed by atoms with Gasteiger partial charge in [-0.25, -0.2) is 20.6 Å². The first-order chi connectivity index (χ1) is 10.1. The number of nitrogen functional groups attached to an aromatic ring is 1. The summed E-state index contributed by atoms with van der Waals surface area (Å²) in [7, 11) is 1.74. The third-order valence-corrected chi connectivity index (χ3v) is 2.98. The van der Waals surface area contributed by atoms with Crippen LogP contribution in [0.1, 0.15) is 5.82 Å². The number of nitrogens with two attached hydrogens (primary N) is 1. The van der Waals surface area contributed by atoms with Crippen LogP contribution in [-0.2, 0) is 13.6 Å². The highest BCUT2D eigenvalue weighted by atomic mass is 16.2. The van der Waals surface area contributed by atoms with Crippen LogP contribution < -0.4 is 22.5 Å². The van der Waals surface area contributed by atoms with Crippen molar-refractivity contribution < 1.29 is 0 Å². The van der Waals surface area contributed by atoms with Crippen LogP contribution in [0.25, 0.3) is 11.0 Å². The molecule has 3 aromatic rings. The molecule has 10 nitrogen and oxygen atoms in total. The average Bonchev–Trinajstić information content (AvgIpc) is 2.83. The molecule has 10 heteroatoms. The van der Waals surface area contributed by atoms with Gasteiger partial charge in [0.1, 0.15) is 0 Å². The highest BCUT2D eigenvalue weighted by Gasteiger charge is 2.11. The second kappa shape index (κ2) is 4.83. The van der Waals surface area contributed by atoms with Crippen molar-refractivity contribution in [2.45, 2.75) is 6.54 Å². The van der Waals surface area contributed by atoms with Crippen LogP contribution in [0.4, 0.5) is 5.82 Å². The van der Waals surface area contributed by atoms with Crippen LogP contribution in [0, 0.1) is 0 Å². The first-order valence-electron chi connectivity index (χ1n) is 6.03. The number of nitrogens with one attached hydrogen (secondary N) is 2. The Labute approximate surface area is 117 Å². The summed E-state index contributed by atoms with van der Waals surface area (Å²) in [6, 6.07) is 1.26. The number of hydrazine groups is 1. The van der Waals surface area contributed by atoms with Crippen molar-refractivity contribution in [1.29, 1.82) is 0 Å². The average molecular weight is 288 g/mol. The lowest BCUT2D eigenvalue weighted by Gasteiger charge is -2.07. The maximum Gasteiger partial charge on any atom is 0.328 e. The van der Waals surface area contributed by atoms with Crippen molar-refractivity contribution >= 4 is 16.9 Å². The van der Waals surface area contributed by atoms with Gasteiger partial charge in [-0.2, -0.15) is 5.10 Å². The quantitative estimate of drug-likeness (QED) is 0.396. The lowest BCUT2D eigenvalue weighted by molar-refractivity contribution is 0.685. The van der Waals surface area contributed by atoms with Gasteiger partial charge in [-0.1, -0.05) is 0 Å². The van der Waals surface area contributed by atoms with Crippen molar-refractivity contribution in [3.63, 3.8) is 0 Å². The molecule has 0 unspecified atom stereocenters. The molecule has 0 radical (unpaired) electrons. The van der Waals surface area contributed by atoms with Crippen LogP contribution >= 0.6 is 0 Å². The maximum atomic E-state index is 11.7. The fourth-order valence-corrected chi connectivity index (χ4v) is 1.97. The lowest BCUT2D eigenvalue weighted by Crippen LogP contribution is -2.29. The summed E-state index contributed by atoms with van der Waals surface area (Å²) in [5.74, 6) is 6.23. The van der Waals surface area contributed by atoms with E-state index in [1.807, 2.05) is 0 Å². The van der Waals surface area contributed by atoms with Crippen molar-refractivity contribution in [3.8, 4) is 0 Å². The van der Waals surface area contributed by atoms with E-state index in [1.165, 1.54) is 16.8 Å². The van der Waals surface area contributed by atoms with Gasteiger partial charge in [0, 0.05) is 19.3 Å². The molecule has 4 N–H and O–H groups in total. The fourth-order valence-electron chi connectivity index (χ4n) is 1.97. The molecule has 0 saturated carbocycles. The number of aryl methyl sites for hydroxylation is 1. The minimum atomic E-state index is -0.529. The first kappa shape index (κ1) is 13.0. The zero-order valence-corrected chi connectivity index (χ0v) is 11.1. The number of hydrogen-bond acceptors (Lipinski definition) is 7. The van der Waals surface area contributed by atoms with Gasteiger partial charge in [0.2, 0.25) is 0 Å². The Balaban J connectivity index is 2.10. The molecule has 0 aromatic carbocycles. The van der Waals surface area contributed by atoms with Gasteiger partial charge in [-0.05, 0) is 0 Å². The van der Waals surface area contributed by atoms with E-state index >= 15 is 0 Å². The number of hydrogen-bond donors (Lipinski definition) is 3. The molecule has 0 aliphatic heterocycles. The summed E-state index contributed by atoms with van der Waals surface area (Å²) in [6.45, 7) is 0.103. The number of rotatable bonds is 3. The SMILES string of the molecule is Cn1ncc2c(NN)nc(Cn3ccc(=O)[nH]c3=O)nc21. The van der Waals surface area contributed by atoms with E-state index in [4.69, 9.17) is 5.84 Å². The molecule has 0 fully saturated rings. The second-order valence-corrected chi connectivity index (χ2v) is 4.38. The molecule has 0 amide bonds. The minimum absolute atomic E-state index is 0.103. The van der Waals surface area contributed by atoms with E-state index in [9.17, 15) is 9.59 Å². The standard InChI is InChI=1S/C11H12N8O2/c1-18-10-6(4-13-18)9(17-12)14-7(15-10)5-19-3-2-8(20)16-11(19)21/h2-4H,5,12H2,1H3,(H,14,15,17)(H,16,20,21). The highest BCUT2D eigenvalue weighted by Crippen LogP contribution is 2.18. The van der Waals surface area contributed by atoms with Gasteiger partial charge < -0.3 is 5.43 Å². The molecular formula is C11H12N8O2. The monoisotopic (exact) mass is 288 g/mol. The van der Waals surface area contributed by atoms with Gasteiger partial charge in [0.05, 0.1) is 18.1 Å². The van der Waals surface area contributed by atoms with E-state index < -0.39 is 11.2 Å². The van der Waals surface area contributed by atoms with Gasteiger partial charge in [0.25, 0.3) is 5.56 Å². The van der Waals surface area contributed by atoms with Crippen molar-refractivity contribution in [1.82, 2.24) is 29.3 Å². The molecule has 0 saturated heterocycles. The normalized spacial score (nSPS) is 11.0. The van der Waals surface area contributed by atoms with Crippen LogP contribution in [-0.4, -0.2) is 29.3 Å². The molecule has 108 valence electrons. The van der Waals surface area contributed by atoms with Crippen molar-refractivity contribution in [3.05, 3.63) is 45.1 Å². The smallest absolute Gasteiger partial charge is 0.308 e. The largest absolute Gasteiger partial charge is 0.328 e. The van der Waals surface area contributed by atoms with Gasteiger partial charge in [-0.3, -0.25) is 19.0 Å². The Morgan fingerprint density at radius 3 is 2.90 bits per heavy atom. The Bertz CT molecular complexity index is 922. The predicted molar refractivity (Wildman–Crippen MR) is 74.5 cm³/mol. The summed E-state index contributed by atoms with van der Waals surface area (Å²) >= 11 is 0. The molecule has 0 bridgehead atoms. The summed E-state index contributed by atoms with van der Waals surface area (Å²) in [4.78, 5) is 33.5. The third-order valence-electron chi connectivity index (χ3n) is 2.98. The predicted octanol–water partition coefficient (Wildman–Crippen LogP) is -1.45. The van der Waals surface area contributed by atoms with Crippen LogP contribution in [0.3, 0.4) is 0 Å². The number of aromatic amines is 1. The molecule has 0 aliphatic carbocycles. The van der Waals surface area contributed by atoms with Crippen LogP contribution in [0.15, 0.2) is 28.0 Å². The highest BCUT2D eigenvalue weighted by molar-refractivity contribution is 5.86. The molecule has 21 heavy (non-hydrogen) atoms. The van der Waals surface area contributed by atoms with E-state index in [2.05, 4.69) is 25.5 Å². The fraction of sp³-hybridized carbons (Fsp3) is 0.182. The van der Waals surface area contributed by atoms with Crippen LogP contribution in [0.2, 0.25) is 0 Å². The Hall–Kier alpha value is -3.01. The lowest BCUT2D eigenvalue weighted by atomic mass is 10.4. The van der Waals surface area contributed by atoms with Gasteiger partial charge >= 0.3 is 5.69 Å². The van der Waals surface area contributed by atoms with E-state index in [-0.39, 0.29) is 6.54 Å². The van der Waals surface area contributed by atoms with E-state index in [0.29, 0.717) is 22.7 Å². The number of fused-ring (bicyclic) bond motifs is 1. The number of nitrogens with zero attached hydrogens (tertiary/aromatic N) is 5. The maximum absolute atomic E-state index is 11.7. The molecule has 0 spiro atoms. The second-order valence-electron chi connectivity index (χ2n) is 4.38. The Morgan fingerprint density at radius 2 is 2.19 bits per heavy atom. The van der Waals surface area contributed by atoms with E-state index in [1.54, 1.807) is 17.9 Å². The number of anilines is 1. The zero-order chi connectivity index (χ0) is 15.0. The zero-order valence-electron chi connectivity index (χ0n) is 11.1. The summed E-state index contributed by atoms with van der Waals surface area (Å²) in [6.07, 6.45) is 2.98. The summed E-state index contributed by atoms with van der Waals surface area (Å²) in [5.41, 5.74) is 2.09. The molecule has 0 atom stereocenters. The molecule has 3 aromatic heterocycles. The summed E-state index contributed by atoms with van der Waals surface area (Å²) in [5, 5.41) is 4.76. The summed E-state index contributed by atoms with van der Waals surface area (Å²) < 4.78 is 2.87. The Morgan fingerprint density at radius 1 is 1.38 bits per heavy atom. The van der Waals surface area contributed by atoms with Crippen molar-refractivity contribution in [2.24, 2.45) is 12.9 Å². The van der Waals surface area contributed by atoms with E-state index in [0.717, 1.165) is 0 Å². The first-order valence-corrected chi connectivity index (χ1v) is 6.03. The van der Waals surface area contributed by atoms with Crippen LogP contribution in [0.5, 0.6) is 0 Å². The third kappa shape index (κ3) is 2.27. The molecular weight excluding hydrogens is 276 g/mol. The number of H-pyrrole nitrogens is 1. The topological polar surface area (TPSA) is 137 Å². The van der Waals surface area contributed by atoms with Gasteiger partial charge in [-0.15, -0.1) is 0 Å². The Kier molecular flexibility index (Phi) is 2.99. The minimum Gasteiger partial charge on any atom is -0.308 e. The molecule has 0 aliphatic rings. The molecule has 3 heterocycles. The van der Waals surface area contributed by atoms with Crippen molar-refractivity contribution in [2.75, 3.05) is 5.43 Å². The molecule has 3 rings (SSSR count). The number of aromatic nitrogens is 6. The van der Waals surface area contributed by atoms with Gasteiger partial charge in [0.15, 0.2) is 17.3 Å².